The summed E-state index contributed by atoms with van der Waals surface area (Å²) in [5.74, 6) is -0.541. The molecule has 7 heteroatoms. The molecule has 2 aliphatic carbocycles. The van der Waals surface area contributed by atoms with E-state index in [2.05, 4.69) is 0 Å². The third-order valence-electron chi connectivity index (χ3n) is 3.62. The molecule has 1 aliphatic heterocycles. The number of hydrogen-bond acceptors (Lipinski definition) is 3. The third-order valence-corrected chi connectivity index (χ3v) is 5.00. The number of carbonyl (C=O) groups excluding carboxylic acids is 2. The fraction of sp³-hybridized carbons (Fsp3) is 0.600. The molecule has 0 N–H and O–H groups in total. The van der Waals surface area contributed by atoms with Crippen LogP contribution in [0.15, 0.2) is 12.2 Å². The van der Waals surface area contributed by atoms with Crippen LogP contribution in [0.2, 0.25) is 0 Å². The quantitative estimate of drug-likeness (QED) is 0.323. The first-order valence-electron chi connectivity index (χ1n) is 5.20. The molecule has 1 heterocycles. The second-order valence-electron chi connectivity index (χ2n) is 4.51. The lowest BCUT2D eigenvalue weighted by Crippen LogP contribution is -2.29. The topological polar surface area (TPSA) is 37.4 Å². The summed E-state index contributed by atoms with van der Waals surface area (Å²) in [5, 5.41) is 0. The maximum atomic E-state index is 12.1. The van der Waals surface area contributed by atoms with Gasteiger partial charge >= 0.3 is 0 Å². The van der Waals surface area contributed by atoms with Crippen molar-refractivity contribution in [2.24, 2.45) is 23.7 Å². The molecular formula is C10H8Cl3NO2S. The van der Waals surface area contributed by atoms with Crippen molar-refractivity contribution in [3.63, 3.8) is 0 Å². The second kappa shape index (κ2) is 3.80. The van der Waals surface area contributed by atoms with Crippen LogP contribution in [0.25, 0.3) is 0 Å². The fourth-order valence-electron chi connectivity index (χ4n) is 3.07. The van der Waals surface area contributed by atoms with Crippen molar-refractivity contribution in [3.05, 3.63) is 12.2 Å². The fourth-order valence-corrected chi connectivity index (χ4v) is 4.32. The van der Waals surface area contributed by atoms with E-state index in [0.717, 1.165) is 10.7 Å². The van der Waals surface area contributed by atoms with Gasteiger partial charge in [-0.25, -0.2) is 4.31 Å². The van der Waals surface area contributed by atoms with Gasteiger partial charge in [-0.1, -0.05) is 47.0 Å². The Kier molecular flexibility index (Phi) is 2.71. The van der Waals surface area contributed by atoms with E-state index in [0.29, 0.717) is 11.9 Å². The molecule has 2 amide bonds. The van der Waals surface area contributed by atoms with E-state index in [4.69, 9.17) is 34.8 Å². The molecule has 0 aromatic carbocycles. The molecule has 0 aromatic heterocycles. The standard InChI is InChI=1S/C10H8Cl3NO2S/c11-10(12,13)17-14-8(15)6-4-1-2-5(3-4)7(6)9(14)16/h1-2,4-7H,3H2. The molecule has 3 nitrogen and oxygen atoms in total. The zero-order valence-electron chi connectivity index (χ0n) is 8.48. The van der Waals surface area contributed by atoms with Gasteiger partial charge in [-0.15, -0.1) is 0 Å². The van der Waals surface area contributed by atoms with Crippen molar-refractivity contribution in [1.29, 1.82) is 0 Å². The van der Waals surface area contributed by atoms with Crippen molar-refractivity contribution in [1.82, 2.24) is 4.31 Å². The maximum Gasteiger partial charge on any atom is 0.256 e. The normalized spacial score (nSPS) is 39.4. The van der Waals surface area contributed by atoms with Crippen LogP contribution in [0.3, 0.4) is 0 Å². The molecule has 2 fully saturated rings. The average molecular weight is 313 g/mol. The molecule has 17 heavy (non-hydrogen) atoms. The Balaban J connectivity index is 1.88. The zero-order valence-corrected chi connectivity index (χ0v) is 11.6. The lowest BCUT2D eigenvalue weighted by Gasteiger charge is -2.19. The van der Waals surface area contributed by atoms with Crippen molar-refractivity contribution in [2.75, 3.05) is 0 Å². The highest BCUT2D eigenvalue weighted by Gasteiger charge is 2.60. The summed E-state index contributed by atoms with van der Waals surface area (Å²) in [4.78, 5) is 24.3. The average Bonchev–Trinajstić information content (AvgIpc) is 2.86. The van der Waals surface area contributed by atoms with E-state index in [1.54, 1.807) is 0 Å². The van der Waals surface area contributed by atoms with E-state index in [-0.39, 0.29) is 35.5 Å². The van der Waals surface area contributed by atoms with E-state index in [1.165, 1.54) is 0 Å². The molecule has 2 bridgehead atoms. The van der Waals surface area contributed by atoms with Gasteiger partial charge in [0.1, 0.15) is 0 Å². The van der Waals surface area contributed by atoms with Crippen LogP contribution in [-0.2, 0) is 9.59 Å². The third kappa shape index (κ3) is 1.81. The maximum absolute atomic E-state index is 12.1. The zero-order chi connectivity index (χ0) is 12.4. The highest BCUT2D eigenvalue weighted by molar-refractivity contribution is 8.03. The highest BCUT2D eigenvalue weighted by atomic mass is 35.6. The number of allylic oxidation sites excluding steroid dienone is 2. The Morgan fingerprint density at radius 1 is 1.12 bits per heavy atom. The van der Waals surface area contributed by atoms with Gasteiger partial charge in [0.25, 0.3) is 3.12 Å². The largest absolute Gasteiger partial charge is 0.273 e. The summed E-state index contributed by atoms with van der Waals surface area (Å²) in [6, 6.07) is 0. The summed E-state index contributed by atoms with van der Waals surface area (Å²) >= 11 is 17.5. The number of nitrogens with zero attached hydrogens (tertiary/aromatic N) is 1. The number of imide groups is 1. The lowest BCUT2D eigenvalue weighted by molar-refractivity contribution is -0.134. The Labute approximate surface area is 118 Å². The Morgan fingerprint density at radius 3 is 2.00 bits per heavy atom. The molecule has 1 saturated carbocycles. The van der Waals surface area contributed by atoms with Crippen LogP contribution in [0.1, 0.15) is 6.42 Å². The van der Waals surface area contributed by atoms with Crippen molar-refractivity contribution in [3.8, 4) is 0 Å². The smallest absolute Gasteiger partial charge is 0.256 e. The number of halogens is 3. The van der Waals surface area contributed by atoms with E-state index < -0.39 is 3.12 Å². The van der Waals surface area contributed by atoms with Crippen molar-refractivity contribution in [2.45, 2.75) is 9.55 Å². The predicted molar refractivity (Wildman–Crippen MR) is 67.5 cm³/mol. The Bertz CT molecular complexity index is 404. The molecule has 0 aromatic rings. The number of rotatable bonds is 1. The number of amides is 2. The summed E-state index contributed by atoms with van der Waals surface area (Å²) < 4.78 is -0.648. The van der Waals surface area contributed by atoms with Gasteiger partial charge < -0.3 is 0 Å². The minimum Gasteiger partial charge on any atom is -0.273 e. The van der Waals surface area contributed by atoms with Crippen LogP contribution >= 0.6 is 46.8 Å². The summed E-state index contributed by atoms with van der Waals surface area (Å²) in [6.07, 6.45) is 4.96. The summed E-state index contributed by atoms with van der Waals surface area (Å²) in [7, 11) is 0. The molecule has 3 aliphatic rings. The first-order chi connectivity index (χ1) is 7.88. The van der Waals surface area contributed by atoms with Crippen LogP contribution in [0.4, 0.5) is 0 Å². The molecule has 92 valence electrons. The molecule has 4 unspecified atom stereocenters. The number of hydrogen-bond donors (Lipinski definition) is 0. The van der Waals surface area contributed by atoms with Crippen LogP contribution in [-0.4, -0.2) is 19.2 Å². The SMILES string of the molecule is O=C1C2C3C=CC(C3)C2C(=O)N1SC(Cl)(Cl)Cl. The molecule has 0 radical (unpaired) electrons. The van der Waals surface area contributed by atoms with Gasteiger partial charge in [-0.05, 0) is 18.3 Å². The van der Waals surface area contributed by atoms with Gasteiger partial charge in [0.2, 0.25) is 11.8 Å². The van der Waals surface area contributed by atoms with E-state index >= 15 is 0 Å². The van der Waals surface area contributed by atoms with Gasteiger partial charge in [0.15, 0.2) is 0 Å². The molecule has 4 atom stereocenters. The molecule has 3 rings (SSSR count). The minimum atomic E-state index is -1.68. The van der Waals surface area contributed by atoms with Crippen LogP contribution in [0, 0.1) is 23.7 Å². The number of fused-ring (bicyclic) bond motifs is 5. The monoisotopic (exact) mass is 311 g/mol. The Morgan fingerprint density at radius 2 is 1.59 bits per heavy atom. The van der Waals surface area contributed by atoms with Crippen molar-refractivity contribution < 1.29 is 9.59 Å². The first kappa shape index (κ1) is 12.2. The molecular weight excluding hydrogens is 305 g/mol. The van der Waals surface area contributed by atoms with Gasteiger partial charge in [0, 0.05) is 11.9 Å². The molecule has 0 spiro atoms. The second-order valence-corrected chi connectivity index (χ2v) is 8.62. The molecule has 1 saturated heterocycles. The summed E-state index contributed by atoms with van der Waals surface area (Å²) in [6.45, 7) is 0. The van der Waals surface area contributed by atoms with Crippen molar-refractivity contribution >= 4 is 58.6 Å². The predicted octanol–water partition coefficient (Wildman–Crippen LogP) is 2.77. The van der Waals surface area contributed by atoms with Crippen LogP contribution < -0.4 is 0 Å². The highest BCUT2D eigenvalue weighted by Crippen LogP contribution is 2.55. The van der Waals surface area contributed by atoms with Gasteiger partial charge in [0.05, 0.1) is 11.8 Å². The number of carbonyl (C=O) groups is 2. The van der Waals surface area contributed by atoms with E-state index in [1.807, 2.05) is 12.2 Å². The number of alkyl halides is 3. The Hall–Kier alpha value is 0.1000. The van der Waals surface area contributed by atoms with Crippen LogP contribution in [0.5, 0.6) is 0 Å². The minimum absolute atomic E-state index is 0.183. The summed E-state index contributed by atoms with van der Waals surface area (Å²) in [5.41, 5.74) is 0. The lowest BCUT2D eigenvalue weighted by atomic mass is 9.85. The van der Waals surface area contributed by atoms with Gasteiger partial charge in [-0.2, -0.15) is 0 Å². The van der Waals surface area contributed by atoms with Gasteiger partial charge in [-0.3, -0.25) is 9.59 Å². The first-order valence-corrected chi connectivity index (χ1v) is 7.11. The van der Waals surface area contributed by atoms with E-state index in [9.17, 15) is 9.59 Å².